The normalized spacial score (nSPS) is 27.8. The molecule has 3 aliphatic heterocycles. The lowest BCUT2D eigenvalue weighted by molar-refractivity contribution is -0.137. The molecule has 124 valence electrons. The Morgan fingerprint density at radius 3 is 2.91 bits per heavy atom. The number of ether oxygens (including phenoxy) is 1. The molecule has 2 unspecified atom stereocenters. The molecule has 0 aliphatic carbocycles. The third-order valence-corrected chi connectivity index (χ3v) is 5.35. The first-order chi connectivity index (χ1) is 11.2. The van der Waals surface area contributed by atoms with Gasteiger partial charge in [-0.05, 0) is 30.2 Å². The van der Waals surface area contributed by atoms with Crippen LogP contribution in [0.1, 0.15) is 12.0 Å². The summed E-state index contributed by atoms with van der Waals surface area (Å²) in [7, 11) is 0. The first kappa shape index (κ1) is 15.2. The van der Waals surface area contributed by atoms with Crippen molar-refractivity contribution in [1.29, 1.82) is 0 Å². The van der Waals surface area contributed by atoms with E-state index in [-0.39, 0.29) is 12.0 Å². The topological polar surface area (TPSA) is 44.8 Å². The van der Waals surface area contributed by atoms with Gasteiger partial charge in [0.05, 0.1) is 0 Å². The van der Waals surface area contributed by atoms with Crippen LogP contribution in [0.4, 0.5) is 0 Å². The molecule has 23 heavy (non-hydrogen) atoms. The van der Waals surface area contributed by atoms with Gasteiger partial charge >= 0.3 is 0 Å². The van der Waals surface area contributed by atoms with Gasteiger partial charge < -0.3 is 15.0 Å². The molecule has 0 radical (unpaired) electrons. The van der Waals surface area contributed by atoms with Crippen LogP contribution in [0.25, 0.3) is 0 Å². The van der Waals surface area contributed by atoms with Crippen molar-refractivity contribution in [3.05, 3.63) is 28.8 Å². The van der Waals surface area contributed by atoms with Crippen LogP contribution in [0, 0.1) is 0 Å². The van der Waals surface area contributed by atoms with Gasteiger partial charge in [0.2, 0.25) is 0 Å². The van der Waals surface area contributed by atoms with Crippen LogP contribution in [-0.4, -0.2) is 67.1 Å². The number of nitrogens with zero attached hydrogens (tertiary/aromatic N) is 2. The third-order valence-electron chi connectivity index (χ3n) is 5.12. The number of piperazine rings is 1. The molecule has 1 amide bonds. The quantitative estimate of drug-likeness (QED) is 0.880. The smallest absolute Gasteiger partial charge is 0.264 e. The van der Waals surface area contributed by atoms with Gasteiger partial charge in [-0.1, -0.05) is 11.6 Å². The molecule has 5 nitrogen and oxygen atoms in total. The molecule has 3 heterocycles. The van der Waals surface area contributed by atoms with Crippen LogP contribution in [0.3, 0.4) is 0 Å². The fourth-order valence-electron chi connectivity index (χ4n) is 3.85. The number of halogens is 1. The highest BCUT2D eigenvalue weighted by atomic mass is 35.5. The second kappa shape index (κ2) is 6.30. The molecule has 6 heteroatoms. The van der Waals surface area contributed by atoms with E-state index in [0.29, 0.717) is 17.5 Å². The van der Waals surface area contributed by atoms with E-state index >= 15 is 0 Å². The minimum absolute atomic E-state index is 0.120. The molecule has 2 fully saturated rings. The van der Waals surface area contributed by atoms with Crippen molar-refractivity contribution in [1.82, 2.24) is 15.1 Å². The predicted molar refractivity (Wildman–Crippen MR) is 89.0 cm³/mol. The number of carbonyl (C=O) groups is 1. The Bertz CT molecular complexity index is 604. The fourth-order valence-corrected chi connectivity index (χ4v) is 4.04. The fraction of sp³-hybridized carbons (Fsp3) is 0.588. The molecule has 1 aromatic carbocycles. The zero-order chi connectivity index (χ0) is 15.8. The summed E-state index contributed by atoms with van der Waals surface area (Å²) in [5, 5.41) is 4.07. The highest BCUT2D eigenvalue weighted by molar-refractivity contribution is 6.30. The lowest BCUT2D eigenvalue weighted by atomic mass is 10.1. The van der Waals surface area contributed by atoms with Crippen molar-refractivity contribution in [2.45, 2.75) is 25.0 Å². The molecule has 1 N–H and O–H groups in total. The zero-order valence-electron chi connectivity index (χ0n) is 13.1. The Morgan fingerprint density at radius 2 is 2.09 bits per heavy atom. The first-order valence-electron chi connectivity index (χ1n) is 8.39. The lowest BCUT2D eigenvalue weighted by Crippen LogP contribution is -2.50. The van der Waals surface area contributed by atoms with Gasteiger partial charge in [0.25, 0.3) is 5.91 Å². The van der Waals surface area contributed by atoms with Gasteiger partial charge in [-0.3, -0.25) is 9.69 Å². The van der Waals surface area contributed by atoms with Crippen molar-refractivity contribution >= 4 is 17.5 Å². The van der Waals surface area contributed by atoms with Gasteiger partial charge in [0, 0.05) is 56.8 Å². The molecule has 2 atom stereocenters. The third kappa shape index (κ3) is 3.05. The van der Waals surface area contributed by atoms with E-state index in [4.69, 9.17) is 16.3 Å². The summed E-state index contributed by atoms with van der Waals surface area (Å²) in [5.74, 6) is 0.917. The summed E-state index contributed by atoms with van der Waals surface area (Å²) in [6.07, 6.45) is 1.31. The average Bonchev–Trinajstić information content (AvgIpc) is 3.21. The average molecular weight is 336 g/mol. The van der Waals surface area contributed by atoms with Gasteiger partial charge in [-0.15, -0.1) is 0 Å². The molecule has 2 saturated heterocycles. The summed E-state index contributed by atoms with van der Waals surface area (Å²) in [5.41, 5.74) is 1.04. The largest absolute Gasteiger partial charge is 0.480 e. The highest BCUT2D eigenvalue weighted by Gasteiger charge is 2.37. The van der Waals surface area contributed by atoms with Crippen molar-refractivity contribution in [2.75, 3.05) is 39.3 Å². The van der Waals surface area contributed by atoms with Crippen LogP contribution in [-0.2, 0) is 11.2 Å². The van der Waals surface area contributed by atoms with E-state index in [2.05, 4.69) is 10.2 Å². The number of nitrogens with one attached hydrogen (secondary N) is 1. The van der Waals surface area contributed by atoms with Gasteiger partial charge in [0.15, 0.2) is 6.10 Å². The Kier molecular flexibility index (Phi) is 4.18. The number of fused-ring (bicyclic) bond motifs is 1. The number of rotatable bonds is 2. The van der Waals surface area contributed by atoms with Crippen LogP contribution >= 0.6 is 11.6 Å². The number of carbonyl (C=O) groups excluding carboxylic acids is 1. The standard InChI is InChI=1S/C17H22ClN3O2/c18-13-1-2-15-12(9-13)10-16(23-15)17(22)21-6-3-14(11-21)20-7-4-19-5-8-20/h1-2,9,14,16,19H,3-8,10-11H2. The molecule has 1 aromatic rings. The Morgan fingerprint density at radius 1 is 1.26 bits per heavy atom. The van der Waals surface area contributed by atoms with E-state index in [9.17, 15) is 4.79 Å². The van der Waals surface area contributed by atoms with E-state index in [0.717, 1.165) is 57.0 Å². The highest BCUT2D eigenvalue weighted by Crippen LogP contribution is 2.32. The zero-order valence-corrected chi connectivity index (χ0v) is 13.9. The van der Waals surface area contributed by atoms with Crippen LogP contribution in [0.2, 0.25) is 5.02 Å². The monoisotopic (exact) mass is 335 g/mol. The molecule has 0 aromatic heterocycles. The van der Waals surface area contributed by atoms with Gasteiger partial charge in [-0.25, -0.2) is 0 Å². The maximum Gasteiger partial charge on any atom is 0.264 e. The molecular weight excluding hydrogens is 314 g/mol. The second-order valence-corrected chi connectivity index (χ2v) is 7.01. The van der Waals surface area contributed by atoms with Crippen molar-refractivity contribution < 1.29 is 9.53 Å². The molecule has 0 bridgehead atoms. The first-order valence-corrected chi connectivity index (χ1v) is 8.77. The van der Waals surface area contributed by atoms with E-state index < -0.39 is 0 Å². The van der Waals surface area contributed by atoms with Gasteiger partial charge in [0.1, 0.15) is 5.75 Å². The number of hydrogen-bond donors (Lipinski definition) is 1. The number of benzene rings is 1. The number of hydrogen-bond acceptors (Lipinski definition) is 4. The molecule has 0 saturated carbocycles. The maximum absolute atomic E-state index is 12.8. The molecule has 3 aliphatic rings. The van der Waals surface area contributed by atoms with Crippen LogP contribution in [0.5, 0.6) is 5.75 Å². The van der Waals surface area contributed by atoms with Crippen LogP contribution < -0.4 is 10.1 Å². The minimum Gasteiger partial charge on any atom is -0.480 e. The summed E-state index contributed by atoms with van der Waals surface area (Å²) in [6.45, 7) is 5.92. The van der Waals surface area contributed by atoms with E-state index in [1.807, 2.05) is 23.1 Å². The van der Waals surface area contributed by atoms with Crippen molar-refractivity contribution in [3.63, 3.8) is 0 Å². The van der Waals surface area contributed by atoms with E-state index in [1.165, 1.54) is 0 Å². The van der Waals surface area contributed by atoms with Crippen LogP contribution in [0.15, 0.2) is 18.2 Å². The van der Waals surface area contributed by atoms with Crippen molar-refractivity contribution in [2.24, 2.45) is 0 Å². The molecule has 0 spiro atoms. The van der Waals surface area contributed by atoms with E-state index in [1.54, 1.807) is 0 Å². The van der Waals surface area contributed by atoms with Gasteiger partial charge in [-0.2, -0.15) is 0 Å². The second-order valence-electron chi connectivity index (χ2n) is 6.58. The molecular formula is C17H22ClN3O2. The predicted octanol–water partition coefficient (Wildman–Crippen LogP) is 1.15. The number of amides is 1. The van der Waals surface area contributed by atoms with Crippen molar-refractivity contribution in [3.8, 4) is 5.75 Å². The summed E-state index contributed by atoms with van der Waals surface area (Å²) < 4.78 is 5.84. The summed E-state index contributed by atoms with van der Waals surface area (Å²) in [4.78, 5) is 17.3. The Balaban J connectivity index is 1.37. The Labute approximate surface area is 141 Å². The summed E-state index contributed by atoms with van der Waals surface area (Å²) >= 11 is 6.02. The SMILES string of the molecule is O=C(C1Cc2cc(Cl)ccc2O1)N1CCC(N2CCNCC2)C1. The minimum atomic E-state index is -0.384. The number of likely N-dealkylation sites (tertiary alicyclic amines) is 1. The summed E-state index contributed by atoms with van der Waals surface area (Å²) in [6, 6.07) is 6.07. The Hall–Kier alpha value is -1.30. The molecule has 4 rings (SSSR count). The lowest BCUT2D eigenvalue weighted by Gasteiger charge is -2.32. The maximum atomic E-state index is 12.8.